The molecule has 2 heterocycles. The maximum absolute atomic E-state index is 12.2. The maximum atomic E-state index is 12.2. The molecule has 1 aromatic heterocycles. The van der Waals surface area contributed by atoms with Gasteiger partial charge in [0.15, 0.2) is 0 Å². The number of hydrogen-bond acceptors (Lipinski definition) is 5. The number of anilines is 1. The van der Waals surface area contributed by atoms with Crippen LogP contribution >= 0.6 is 11.5 Å². The van der Waals surface area contributed by atoms with Gasteiger partial charge in [-0.3, -0.25) is 4.79 Å². The van der Waals surface area contributed by atoms with Crippen molar-refractivity contribution in [2.24, 2.45) is 5.92 Å². The van der Waals surface area contributed by atoms with Gasteiger partial charge in [0.2, 0.25) is 5.91 Å². The van der Waals surface area contributed by atoms with E-state index in [0.29, 0.717) is 17.2 Å². The molecule has 1 unspecified atom stereocenters. The number of aromatic carboxylic acids is 1. The Labute approximate surface area is 109 Å². The molecule has 6 nitrogen and oxygen atoms in total. The lowest BCUT2D eigenvalue weighted by Crippen LogP contribution is -2.34. The van der Waals surface area contributed by atoms with Crippen LogP contribution < -0.4 is 10.2 Å². The van der Waals surface area contributed by atoms with Crippen LogP contribution in [0, 0.1) is 12.8 Å². The molecule has 1 aliphatic heterocycles. The van der Waals surface area contributed by atoms with Crippen molar-refractivity contribution < 1.29 is 14.7 Å². The smallest absolute Gasteiger partial charge is 0.340 e. The van der Waals surface area contributed by atoms with E-state index in [1.165, 1.54) is 4.90 Å². The first-order valence-electron chi connectivity index (χ1n) is 5.70. The number of carboxylic acid groups (broad SMARTS) is 1. The summed E-state index contributed by atoms with van der Waals surface area (Å²) >= 11 is 1.05. The average molecular weight is 269 g/mol. The van der Waals surface area contributed by atoms with Gasteiger partial charge in [-0.25, -0.2) is 4.79 Å². The topological polar surface area (TPSA) is 82.5 Å². The summed E-state index contributed by atoms with van der Waals surface area (Å²) in [6.07, 6.45) is 0.795. The number of rotatable bonds is 3. The summed E-state index contributed by atoms with van der Waals surface area (Å²) in [7, 11) is 1.61. The molecule has 0 radical (unpaired) electrons. The normalized spacial score (nSPS) is 18.9. The largest absolute Gasteiger partial charge is 0.478 e. The first-order chi connectivity index (χ1) is 8.52. The molecule has 1 aromatic rings. The number of nitrogens with zero attached hydrogens (tertiary/aromatic N) is 2. The Hall–Kier alpha value is -1.47. The van der Waals surface area contributed by atoms with Crippen LogP contribution in [0.4, 0.5) is 5.00 Å². The summed E-state index contributed by atoms with van der Waals surface area (Å²) in [5, 5.41) is 12.7. The van der Waals surface area contributed by atoms with Crippen molar-refractivity contribution in [3.63, 3.8) is 0 Å². The molecule has 0 aliphatic carbocycles. The van der Waals surface area contributed by atoms with E-state index < -0.39 is 5.97 Å². The maximum Gasteiger partial charge on any atom is 0.340 e. The van der Waals surface area contributed by atoms with Crippen molar-refractivity contribution in [2.75, 3.05) is 25.0 Å². The predicted octanol–water partition coefficient (Wildman–Crippen LogP) is 0.722. The Balaban J connectivity index is 2.25. The molecule has 18 heavy (non-hydrogen) atoms. The van der Waals surface area contributed by atoms with E-state index in [-0.39, 0.29) is 17.4 Å². The van der Waals surface area contributed by atoms with E-state index in [1.807, 2.05) is 0 Å². The fraction of sp³-hybridized carbons (Fsp3) is 0.545. The SMILES string of the molecule is Cc1nsc(N(C)C(=O)C2CCNC2)c1C(=O)O. The zero-order valence-corrected chi connectivity index (χ0v) is 11.1. The van der Waals surface area contributed by atoms with Crippen LogP contribution in [0.3, 0.4) is 0 Å². The number of carbonyl (C=O) groups is 2. The molecule has 0 spiro atoms. The second-order valence-corrected chi connectivity index (χ2v) is 5.09. The van der Waals surface area contributed by atoms with Crippen LogP contribution in [0.5, 0.6) is 0 Å². The molecule has 1 saturated heterocycles. The van der Waals surface area contributed by atoms with Gasteiger partial charge in [0, 0.05) is 13.6 Å². The van der Waals surface area contributed by atoms with Gasteiger partial charge in [-0.2, -0.15) is 4.37 Å². The zero-order valence-electron chi connectivity index (χ0n) is 10.3. The molecule has 1 aliphatic rings. The summed E-state index contributed by atoms with van der Waals surface area (Å²) in [6, 6.07) is 0. The Kier molecular flexibility index (Phi) is 3.63. The van der Waals surface area contributed by atoms with Gasteiger partial charge in [0.05, 0.1) is 11.6 Å². The van der Waals surface area contributed by atoms with E-state index in [1.54, 1.807) is 14.0 Å². The lowest BCUT2D eigenvalue weighted by atomic mass is 10.1. The number of carboxylic acids is 1. The third-order valence-electron chi connectivity index (χ3n) is 3.10. The van der Waals surface area contributed by atoms with Gasteiger partial charge in [0.1, 0.15) is 10.6 Å². The van der Waals surface area contributed by atoms with Crippen LogP contribution in [0.1, 0.15) is 22.5 Å². The average Bonchev–Trinajstić information content (AvgIpc) is 2.95. The quantitative estimate of drug-likeness (QED) is 0.845. The molecular weight excluding hydrogens is 254 g/mol. The highest BCUT2D eigenvalue weighted by molar-refractivity contribution is 7.11. The number of amides is 1. The first-order valence-corrected chi connectivity index (χ1v) is 6.47. The van der Waals surface area contributed by atoms with E-state index in [4.69, 9.17) is 5.11 Å². The van der Waals surface area contributed by atoms with Crippen molar-refractivity contribution >= 4 is 28.4 Å². The van der Waals surface area contributed by atoms with Crippen molar-refractivity contribution in [3.05, 3.63) is 11.3 Å². The van der Waals surface area contributed by atoms with Gasteiger partial charge in [-0.1, -0.05) is 0 Å². The molecule has 1 atom stereocenters. The summed E-state index contributed by atoms with van der Waals surface area (Å²) in [5.74, 6) is -1.16. The Morgan fingerprint density at radius 3 is 2.83 bits per heavy atom. The molecule has 0 aromatic carbocycles. The van der Waals surface area contributed by atoms with Crippen LogP contribution in [0.2, 0.25) is 0 Å². The lowest BCUT2D eigenvalue weighted by molar-refractivity contribution is -0.121. The molecule has 1 amide bonds. The predicted molar refractivity (Wildman–Crippen MR) is 68.2 cm³/mol. The third kappa shape index (κ3) is 2.23. The molecule has 7 heteroatoms. The highest BCUT2D eigenvalue weighted by Crippen LogP contribution is 2.29. The summed E-state index contributed by atoms with van der Waals surface area (Å²) in [5.41, 5.74) is 0.577. The second kappa shape index (κ2) is 5.03. The highest BCUT2D eigenvalue weighted by Gasteiger charge is 2.30. The Morgan fingerprint density at radius 2 is 2.28 bits per heavy atom. The van der Waals surface area contributed by atoms with Crippen molar-refractivity contribution in [1.29, 1.82) is 0 Å². The molecule has 2 rings (SSSR count). The molecule has 1 fully saturated rings. The number of aromatic nitrogens is 1. The molecular formula is C11H15N3O3S. The molecule has 0 saturated carbocycles. The van der Waals surface area contributed by atoms with Crippen LogP contribution in [-0.2, 0) is 4.79 Å². The number of carbonyl (C=O) groups excluding carboxylic acids is 1. The molecule has 98 valence electrons. The molecule has 0 bridgehead atoms. The standard InChI is InChI=1S/C11H15N3O3S/c1-6-8(11(16)17)10(18-13-6)14(2)9(15)7-3-4-12-5-7/h7,12H,3-5H2,1-2H3,(H,16,17). The number of nitrogens with one attached hydrogen (secondary N) is 1. The van der Waals surface area contributed by atoms with Crippen LogP contribution in [-0.4, -0.2) is 41.5 Å². The van der Waals surface area contributed by atoms with Crippen molar-refractivity contribution in [3.8, 4) is 0 Å². The van der Waals surface area contributed by atoms with E-state index in [2.05, 4.69) is 9.69 Å². The second-order valence-electron chi connectivity index (χ2n) is 4.34. The van der Waals surface area contributed by atoms with Crippen molar-refractivity contribution in [1.82, 2.24) is 9.69 Å². The number of hydrogen-bond donors (Lipinski definition) is 2. The van der Waals surface area contributed by atoms with E-state index >= 15 is 0 Å². The summed E-state index contributed by atoms with van der Waals surface area (Å²) < 4.78 is 4.02. The van der Waals surface area contributed by atoms with Gasteiger partial charge < -0.3 is 15.3 Å². The van der Waals surface area contributed by atoms with E-state index in [0.717, 1.165) is 24.5 Å². The summed E-state index contributed by atoms with van der Waals surface area (Å²) in [4.78, 5) is 24.8. The number of aryl methyl sites for hydroxylation is 1. The van der Waals surface area contributed by atoms with Crippen LogP contribution in [0.15, 0.2) is 0 Å². The van der Waals surface area contributed by atoms with Gasteiger partial charge in [-0.05, 0) is 31.4 Å². The minimum absolute atomic E-state index is 0.0499. The fourth-order valence-electron chi connectivity index (χ4n) is 2.07. The van der Waals surface area contributed by atoms with Gasteiger partial charge in [0.25, 0.3) is 0 Å². The fourth-order valence-corrected chi connectivity index (χ4v) is 2.93. The minimum atomic E-state index is -1.04. The third-order valence-corrected chi connectivity index (χ3v) is 4.12. The summed E-state index contributed by atoms with van der Waals surface area (Å²) in [6.45, 7) is 3.13. The van der Waals surface area contributed by atoms with Crippen molar-refractivity contribution in [2.45, 2.75) is 13.3 Å². The zero-order chi connectivity index (χ0) is 13.3. The molecule has 2 N–H and O–H groups in total. The minimum Gasteiger partial charge on any atom is -0.478 e. The lowest BCUT2D eigenvalue weighted by Gasteiger charge is -2.19. The van der Waals surface area contributed by atoms with Gasteiger partial charge >= 0.3 is 5.97 Å². The Morgan fingerprint density at radius 1 is 1.56 bits per heavy atom. The highest BCUT2D eigenvalue weighted by atomic mass is 32.1. The van der Waals surface area contributed by atoms with E-state index in [9.17, 15) is 9.59 Å². The first kappa shape index (κ1) is 13.0. The van der Waals surface area contributed by atoms with Gasteiger partial charge in [-0.15, -0.1) is 0 Å². The van der Waals surface area contributed by atoms with Crippen LogP contribution in [0.25, 0.3) is 0 Å². The monoisotopic (exact) mass is 269 g/mol. The Bertz CT molecular complexity index is 480.